The Morgan fingerprint density at radius 2 is 2.00 bits per heavy atom. The third-order valence-corrected chi connectivity index (χ3v) is 5.42. The normalized spacial score (nSPS) is 13.9. The molecule has 2 N–H and O–H groups in total. The van der Waals surface area contributed by atoms with Crippen LogP contribution in [0.15, 0.2) is 50.7 Å². The Kier molecular flexibility index (Phi) is 4.64. The minimum atomic E-state index is -0.451. The number of fused-ring (bicyclic) bond motifs is 1. The third kappa shape index (κ3) is 3.16. The first kappa shape index (κ1) is 18.6. The van der Waals surface area contributed by atoms with E-state index in [2.05, 4.69) is 25.9 Å². The molecule has 1 aromatic heterocycles. The number of aromatic nitrogens is 2. The second-order valence-corrected chi connectivity index (χ2v) is 7.94. The van der Waals surface area contributed by atoms with E-state index in [0.717, 1.165) is 38.1 Å². The number of aliphatic imine (C=N–C) groups is 1. The Hall–Kier alpha value is -2.77. The molecule has 0 spiro atoms. The monoisotopic (exact) mass is 453 g/mol. The van der Waals surface area contributed by atoms with Crippen LogP contribution < -0.4 is 5.56 Å². The van der Waals surface area contributed by atoms with Gasteiger partial charge in [0, 0.05) is 21.8 Å². The highest BCUT2D eigenvalue weighted by Crippen LogP contribution is 2.35. The first-order valence-corrected chi connectivity index (χ1v) is 9.77. The van der Waals surface area contributed by atoms with Gasteiger partial charge in [0.15, 0.2) is 4.77 Å². The Balaban J connectivity index is 1.95. The summed E-state index contributed by atoms with van der Waals surface area (Å²) < 4.78 is 2.54. The van der Waals surface area contributed by atoms with Crippen LogP contribution in [0.3, 0.4) is 0 Å². The summed E-state index contributed by atoms with van der Waals surface area (Å²) in [6, 6.07) is 11.6. The van der Waals surface area contributed by atoms with Gasteiger partial charge in [-0.1, -0.05) is 28.1 Å². The largest absolute Gasteiger partial charge is 0.494 e. The minimum absolute atomic E-state index is 0.129. The summed E-state index contributed by atoms with van der Waals surface area (Å²) in [5.74, 6) is -0.202. The average molecular weight is 454 g/mol. The maximum absolute atomic E-state index is 12.6. The van der Waals surface area contributed by atoms with Crippen LogP contribution in [0.4, 0.5) is 5.69 Å². The predicted octanol–water partition coefficient (Wildman–Crippen LogP) is 5.24. The first-order chi connectivity index (χ1) is 13.3. The van der Waals surface area contributed by atoms with Crippen LogP contribution in [-0.4, -0.2) is 20.9 Å². The Labute approximate surface area is 174 Å². The SMILES string of the molecule is Cc1ccc(C)c(-n2c(O)c(C=C3C=Nc4ccc(Br)cc43)c(=O)[nH]c2=S)c1. The van der Waals surface area contributed by atoms with E-state index < -0.39 is 5.56 Å². The number of rotatable bonds is 2. The van der Waals surface area contributed by atoms with E-state index in [9.17, 15) is 9.90 Å². The number of allylic oxidation sites excluding steroid dienone is 1. The van der Waals surface area contributed by atoms with Crippen molar-refractivity contribution in [2.45, 2.75) is 13.8 Å². The fourth-order valence-corrected chi connectivity index (χ4v) is 3.82. The number of hydrogen-bond acceptors (Lipinski definition) is 4. The molecule has 2 heterocycles. The Morgan fingerprint density at radius 1 is 1.21 bits per heavy atom. The summed E-state index contributed by atoms with van der Waals surface area (Å²) in [5.41, 5.74) is 4.79. The molecule has 0 bridgehead atoms. The second-order valence-electron chi connectivity index (χ2n) is 6.64. The van der Waals surface area contributed by atoms with Crippen LogP contribution in [0.25, 0.3) is 17.3 Å². The van der Waals surface area contributed by atoms with E-state index in [1.54, 1.807) is 12.3 Å². The lowest BCUT2D eigenvalue weighted by molar-refractivity contribution is 0.431. The number of nitrogens with one attached hydrogen (secondary N) is 1. The van der Waals surface area contributed by atoms with Crippen molar-refractivity contribution in [2.24, 2.45) is 4.99 Å². The Morgan fingerprint density at radius 3 is 2.79 bits per heavy atom. The fourth-order valence-electron chi connectivity index (χ4n) is 3.18. The molecular weight excluding hydrogens is 438 g/mol. The first-order valence-electron chi connectivity index (χ1n) is 8.57. The van der Waals surface area contributed by atoms with Gasteiger partial charge in [0.1, 0.15) is 5.56 Å². The summed E-state index contributed by atoms with van der Waals surface area (Å²) in [6.45, 7) is 3.89. The van der Waals surface area contributed by atoms with Crippen LogP contribution in [-0.2, 0) is 0 Å². The molecule has 3 aromatic rings. The number of aromatic amines is 1. The highest BCUT2D eigenvalue weighted by Gasteiger charge is 2.18. The Bertz CT molecular complexity index is 1300. The number of hydrogen-bond donors (Lipinski definition) is 2. The zero-order valence-corrected chi connectivity index (χ0v) is 17.6. The summed E-state index contributed by atoms with van der Waals surface area (Å²) >= 11 is 8.78. The molecule has 0 amide bonds. The number of benzene rings is 2. The van der Waals surface area contributed by atoms with Crippen molar-refractivity contribution in [3.63, 3.8) is 0 Å². The third-order valence-electron chi connectivity index (χ3n) is 4.64. The summed E-state index contributed by atoms with van der Waals surface area (Å²) in [5, 5.41) is 11.0. The molecule has 1 aliphatic rings. The van der Waals surface area contributed by atoms with Gasteiger partial charge in [0.25, 0.3) is 5.56 Å². The lowest BCUT2D eigenvalue weighted by Gasteiger charge is -2.14. The molecule has 0 aliphatic carbocycles. The van der Waals surface area contributed by atoms with Crippen molar-refractivity contribution in [3.05, 3.63) is 78.2 Å². The van der Waals surface area contributed by atoms with Gasteiger partial charge in [-0.2, -0.15) is 0 Å². The van der Waals surface area contributed by atoms with Gasteiger partial charge in [-0.05, 0) is 67.5 Å². The van der Waals surface area contributed by atoms with Crippen LogP contribution in [0.2, 0.25) is 0 Å². The van der Waals surface area contributed by atoms with Crippen LogP contribution in [0, 0.1) is 18.6 Å². The van der Waals surface area contributed by atoms with Crippen LogP contribution >= 0.6 is 28.1 Å². The zero-order chi connectivity index (χ0) is 20.0. The van der Waals surface area contributed by atoms with Crippen molar-refractivity contribution in [1.82, 2.24) is 9.55 Å². The summed E-state index contributed by atoms with van der Waals surface area (Å²) in [7, 11) is 0. The van der Waals surface area contributed by atoms with Crippen molar-refractivity contribution < 1.29 is 5.11 Å². The van der Waals surface area contributed by atoms with E-state index in [4.69, 9.17) is 12.2 Å². The maximum Gasteiger partial charge on any atom is 0.262 e. The molecule has 0 fully saturated rings. The van der Waals surface area contributed by atoms with Gasteiger partial charge in [-0.3, -0.25) is 19.3 Å². The number of H-pyrrole nitrogens is 1. The lowest BCUT2D eigenvalue weighted by atomic mass is 10.0. The van der Waals surface area contributed by atoms with Crippen LogP contribution in [0.5, 0.6) is 5.88 Å². The summed E-state index contributed by atoms with van der Waals surface area (Å²) in [6.07, 6.45) is 3.31. The molecule has 5 nitrogen and oxygen atoms in total. The van der Waals surface area contributed by atoms with E-state index in [-0.39, 0.29) is 16.2 Å². The van der Waals surface area contributed by atoms with Crippen molar-refractivity contribution >= 4 is 51.7 Å². The van der Waals surface area contributed by atoms with Crippen LogP contribution in [0.1, 0.15) is 22.3 Å². The number of halogens is 1. The molecule has 0 saturated heterocycles. The van der Waals surface area contributed by atoms with Gasteiger partial charge in [0.2, 0.25) is 5.88 Å². The average Bonchev–Trinajstić information content (AvgIpc) is 3.03. The smallest absolute Gasteiger partial charge is 0.262 e. The van der Waals surface area contributed by atoms with Gasteiger partial charge >= 0.3 is 0 Å². The van der Waals surface area contributed by atoms with Gasteiger partial charge in [-0.15, -0.1) is 0 Å². The highest BCUT2D eigenvalue weighted by molar-refractivity contribution is 9.10. The van der Waals surface area contributed by atoms with Crippen molar-refractivity contribution in [2.75, 3.05) is 0 Å². The fraction of sp³-hybridized carbons (Fsp3) is 0.0952. The lowest BCUT2D eigenvalue weighted by Crippen LogP contribution is -2.16. The van der Waals surface area contributed by atoms with E-state index in [1.807, 2.05) is 50.2 Å². The standard InChI is InChI=1S/C21H16BrN3O2S/c1-11-3-4-12(2)18(7-11)25-20(27)16(19(26)24-21(25)28)8-13-10-23-17-6-5-14(22)9-15(13)17/h3-10,27H,1-2H3,(H,24,26,28). The molecule has 0 atom stereocenters. The van der Waals surface area contributed by atoms with E-state index >= 15 is 0 Å². The van der Waals surface area contributed by atoms with Gasteiger partial charge in [0.05, 0.1) is 11.4 Å². The van der Waals surface area contributed by atoms with Crippen molar-refractivity contribution in [3.8, 4) is 11.6 Å². The summed E-state index contributed by atoms with van der Waals surface area (Å²) in [4.78, 5) is 19.6. The van der Waals surface area contributed by atoms with Crippen molar-refractivity contribution in [1.29, 1.82) is 0 Å². The quantitative estimate of drug-likeness (QED) is 0.521. The van der Waals surface area contributed by atoms with E-state index in [0.29, 0.717) is 0 Å². The zero-order valence-electron chi connectivity index (χ0n) is 15.2. The molecule has 0 saturated carbocycles. The van der Waals surface area contributed by atoms with Gasteiger partial charge in [-0.25, -0.2) is 0 Å². The molecule has 2 aromatic carbocycles. The number of aromatic hydroxyl groups is 1. The predicted molar refractivity (Wildman–Crippen MR) is 119 cm³/mol. The number of aryl methyl sites for hydroxylation is 2. The molecule has 0 unspecified atom stereocenters. The minimum Gasteiger partial charge on any atom is -0.494 e. The highest BCUT2D eigenvalue weighted by atomic mass is 79.9. The molecule has 4 rings (SSSR count). The number of nitrogens with zero attached hydrogens (tertiary/aromatic N) is 2. The molecule has 0 radical (unpaired) electrons. The molecule has 7 heteroatoms. The molecule has 140 valence electrons. The van der Waals surface area contributed by atoms with Gasteiger partial charge < -0.3 is 5.11 Å². The van der Waals surface area contributed by atoms with E-state index in [1.165, 1.54) is 4.57 Å². The maximum atomic E-state index is 12.6. The second kappa shape index (κ2) is 7.00. The molecular formula is C21H16BrN3O2S. The topological polar surface area (TPSA) is 70.4 Å². The molecule has 28 heavy (non-hydrogen) atoms. The molecule has 1 aliphatic heterocycles.